The summed E-state index contributed by atoms with van der Waals surface area (Å²) in [5.74, 6) is 0.737. The molecular formula is C15H22N4S. The standard InChI is InChI=1S/C15H22N4S/c1-18-10-13(9-17-18)15-3-2-14(20-15)11-19-6-4-12(8-16)5-7-19/h2-3,9-10,12H,4-8,11,16H2,1H3. The molecule has 0 spiro atoms. The van der Waals surface area contributed by atoms with Crippen molar-refractivity contribution in [3.63, 3.8) is 0 Å². The highest BCUT2D eigenvalue weighted by Crippen LogP contribution is 2.29. The Kier molecular flexibility index (Phi) is 4.19. The Hall–Kier alpha value is -1.17. The second-order valence-corrected chi connectivity index (χ2v) is 6.79. The number of likely N-dealkylation sites (tertiary alicyclic amines) is 1. The van der Waals surface area contributed by atoms with E-state index in [1.807, 2.05) is 29.3 Å². The van der Waals surface area contributed by atoms with Gasteiger partial charge in [0.05, 0.1) is 6.20 Å². The number of aromatic nitrogens is 2. The first-order valence-corrected chi connectivity index (χ1v) is 8.06. The molecule has 1 aliphatic rings. The van der Waals surface area contributed by atoms with Crippen LogP contribution in [-0.4, -0.2) is 34.3 Å². The van der Waals surface area contributed by atoms with Gasteiger partial charge >= 0.3 is 0 Å². The van der Waals surface area contributed by atoms with Crippen LogP contribution in [0.5, 0.6) is 0 Å². The van der Waals surface area contributed by atoms with Gasteiger partial charge in [-0.05, 0) is 50.5 Å². The first kappa shape index (κ1) is 13.8. The van der Waals surface area contributed by atoms with Crippen LogP contribution in [0.25, 0.3) is 10.4 Å². The highest BCUT2D eigenvalue weighted by molar-refractivity contribution is 7.15. The maximum atomic E-state index is 5.75. The fourth-order valence-corrected chi connectivity index (χ4v) is 3.79. The lowest BCUT2D eigenvalue weighted by Crippen LogP contribution is -2.35. The van der Waals surface area contributed by atoms with Gasteiger partial charge in [0.25, 0.3) is 0 Å². The Morgan fingerprint density at radius 3 is 2.80 bits per heavy atom. The molecule has 3 rings (SSSR count). The summed E-state index contributed by atoms with van der Waals surface area (Å²) in [5, 5.41) is 4.24. The molecule has 2 aromatic rings. The SMILES string of the molecule is Cn1cc(-c2ccc(CN3CCC(CN)CC3)s2)cn1. The molecule has 3 heterocycles. The quantitative estimate of drug-likeness (QED) is 0.940. The molecule has 0 aromatic carbocycles. The summed E-state index contributed by atoms with van der Waals surface area (Å²) in [6.45, 7) is 4.28. The molecule has 1 fully saturated rings. The third-order valence-corrected chi connectivity index (χ3v) is 5.19. The van der Waals surface area contributed by atoms with Gasteiger partial charge in [-0.25, -0.2) is 0 Å². The lowest BCUT2D eigenvalue weighted by atomic mass is 9.97. The summed E-state index contributed by atoms with van der Waals surface area (Å²) >= 11 is 1.88. The first-order valence-electron chi connectivity index (χ1n) is 7.25. The Morgan fingerprint density at radius 1 is 1.35 bits per heavy atom. The van der Waals surface area contributed by atoms with Gasteiger partial charge in [0.1, 0.15) is 0 Å². The van der Waals surface area contributed by atoms with Crippen molar-refractivity contribution in [3.8, 4) is 10.4 Å². The van der Waals surface area contributed by atoms with Crippen molar-refractivity contribution in [1.82, 2.24) is 14.7 Å². The summed E-state index contributed by atoms with van der Waals surface area (Å²) in [6, 6.07) is 4.46. The van der Waals surface area contributed by atoms with E-state index in [-0.39, 0.29) is 0 Å². The van der Waals surface area contributed by atoms with Gasteiger partial charge in [-0.2, -0.15) is 5.10 Å². The molecule has 0 aliphatic carbocycles. The van der Waals surface area contributed by atoms with Gasteiger partial charge in [-0.1, -0.05) is 0 Å². The van der Waals surface area contributed by atoms with E-state index in [2.05, 4.69) is 28.3 Å². The number of aryl methyl sites for hydroxylation is 1. The summed E-state index contributed by atoms with van der Waals surface area (Å²) in [7, 11) is 1.96. The molecule has 2 N–H and O–H groups in total. The molecule has 1 saturated heterocycles. The lowest BCUT2D eigenvalue weighted by molar-refractivity contribution is 0.182. The molecular weight excluding hydrogens is 268 g/mol. The molecule has 1 aliphatic heterocycles. The second kappa shape index (κ2) is 6.08. The van der Waals surface area contributed by atoms with Crippen LogP contribution in [-0.2, 0) is 13.6 Å². The molecule has 0 unspecified atom stereocenters. The van der Waals surface area contributed by atoms with Crippen LogP contribution in [0.2, 0.25) is 0 Å². The highest BCUT2D eigenvalue weighted by Gasteiger charge is 2.18. The molecule has 5 heteroatoms. The minimum absolute atomic E-state index is 0.737. The van der Waals surface area contributed by atoms with Crippen LogP contribution in [0.15, 0.2) is 24.5 Å². The zero-order valence-corrected chi connectivity index (χ0v) is 12.8. The third-order valence-electron chi connectivity index (χ3n) is 4.07. The first-order chi connectivity index (χ1) is 9.74. The van der Waals surface area contributed by atoms with Crippen molar-refractivity contribution in [2.45, 2.75) is 19.4 Å². The van der Waals surface area contributed by atoms with Gasteiger partial charge in [0.15, 0.2) is 0 Å². The third kappa shape index (κ3) is 3.11. The maximum Gasteiger partial charge on any atom is 0.0576 e. The highest BCUT2D eigenvalue weighted by atomic mass is 32.1. The minimum Gasteiger partial charge on any atom is -0.330 e. The Morgan fingerprint density at radius 2 is 2.15 bits per heavy atom. The van der Waals surface area contributed by atoms with Gasteiger partial charge in [-0.15, -0.1) is 11.3 Å². The van der Waals surface area contributed by atoms with Crippen LogP contribution in [0.3, 0.4) is 0 Å². The Labute approximate surface area is 124 Å². The monoisotopic (exact) mass is 290 g/mol. The van der Waals surface area contributed by atoms with Crippen LogP contribution in [0.4, 0.5) is 0 Å². The van der Waals surface area contributed by atoms with Gasteiger partial charge < -0.3 is 5.73 Å². The van der Waals surface area contributed by atoms with Crippen molar-refractivity contribution >= 4 is 11.3 Å². The summed E-state index contributed by atoms with van der Waals surface area (Å²) in [4.78, 5) is 5.30. The summed E-state index contributed by atoms with van der Waals surface area (Å²) in [6.07, 6.45) is 6.50. The fraction of sp³-hybridized carbons (Fsp3) is 0.533. The molecule has 4 nitrogen and oxygen atoms in total. The van der Waals surface area contributed by atoms with Crippen molar-refractivity contribution < 1.29 is 0 Å². The van der Waals surface area contributed by atoms with E-state index in [4.69, 9.17) is 5.73 Å². The Bertz CT molecular complexity index is 552. The molecule has 0 saturated carbocycles. The van der Waals surface area contributed by atoms with Gasteiger partial charge in [0.2, 0.25) is 0 Å². The summed E-state index contributed by atoms with van der Waals surface area (Å²) < 4.78 is 1.85. The zero-order chi connectivity index (χ0) is 13.9. The summed E-state index contributed by atoms with van der Waals surface area (Å²) in [5.41, 5.74) is 6.96. The van der Waals surface area contributed by atoms with Crippen molar-refractivity contribution in [2.24, 2.45) is 18.7 Å². The maximum absolute atomic E-state index is 5.75. The van der Waals surface area contributed by atoms with Crippen LogP contribution in [0.1, 0.15) is 17.7 Å². The molecule has 2 aromatic heterocycles. The molecule has 20 heavy (non-hydrogen) atoms. The number of thiophene rings is 1. The van der Waals surface area contributed by atoms with Crippen LogP contribution >= 0.6 is 11.3 Å². The molecule has 0 radical (unpaired) electrons. The predicted molar refractivity (Wildman–Crippen MR) is 83.6 cm³/mol. The van der Waals surface area contributed by atoms with Gasteiger partial charge in [-0.3, -0.25) is 9.58 Å². The number of hydrogen-bond acceptors (Lipinski definition) is 4. The van der Waals surface area contributed by atoms with E-state index < -0.39 is 0 Å². The van der Waals surface area contributed by atoms with E-state index >= 15 is 0 Å². The Balaban J connectivity index is 1.60. The van der Waals surface area contributed by atoms with Crippen LogP contribution < -0.4 is 5.73 Å². The smallest absolute Gasteiger partial charge is 0.0576 e. The molecule has 0 bridgehead atoms. The normalized spacial score (nSPS) is 17.7. The molecule has 108 valence electrons. The lowest BCUT2D eigenvalue weighted by Gasteiger charge is -2.30. The number of rotatable bonds is 4. The van der Waals surface area contributed by atoms with Crippen molar-refractivity contribution in [2.75, 3.05) is 19.6 Å². The van der Waals surface area contributed by atoms with E-state index in [1.54, 1.807) is 0 Å². The number of hydrogen-bond donors (Lipinski definition) is 1. The van der Waals surface area contributed by atoms with Crippen molar-refractivity contribution in [1.29, 1.82) is 0 Å². The second-order valence-electron chi connectivity index (χ2n) is 5.62. The molecule has 0 amide bonds. The fourth-order valence-electron chi connectivity index (χ4n) is 2.77. The van der Waals surface area contributed by atoms with E-state index in [0.29, 0.717) is 0 Å². The van der Waals surface area contributed by atoms with E-state index in [0.717, 1.165) is 19.0 Å². The minimum atomic E-state index is 0.737. The average Bonchev–Trinajstić information content (AvgIpc) is 3.09. The van der Waals surface area contributed by atoms with Gasteiger partial charge in [0, 0.05) is 35.1 Å². The largest absolute Gasteiger partial charge is 0.330 e. The average molecular weight is 290 g/mol. The number of nitrogens with zero attached hydrogens (tertiary/aromatic N) is 3. The van der Waals surface area contributed by atoms with Crippen LogP contribution in [0, 0.1) is 5.92 Å². The number of nitrogens with two attached hydrogens (primary N) is 1. The topological polar surface area (TPSA) is 47.1 Å². The van der Waals surface area contributed by atoms with Crippen molar-refractivity contribution in [3.05, 3.63) is 29.4 Å². The number of piperidine rings is 1. The molecule has 0 atom stereocenters. The van der Waals surface area contributed by atoms with E-state index in [1.165, 1.54) is 41.2 Å². The predicted octanol–water partition coefficient (Wildman–Crippen LogP) is 2.32. The van der Waals surface area contributed by atoms with E-state index in [9.17, 15) is 0 Å². The zero-order valence-electron chi connectivity index (χ0n) is 12.0.